The van der Waals surface area contributed by atoms with Gasteiger partial charge in [0.05, 0.1) is 24.7 Å². The highest BCUT2D eigenvalue weighted by Gasteiger charge is 2.52. The Kier molecular flexibility index (Phi) is 5.26. The van der Waals surface area contributed by atoms with Crippen LogP contribution in [0.15, 0.2) is 24.3 Å². The van der Waals surface area contributed by atoms with Crippen LogP contribution in [0.3, 0.4) is 0 Å². The van der Waals surface area contributed by atoms with Crippen molar-refractivity contribution in [3.05, 3.63) is 35.6 Å². The number of benzene rings is 1. The number of amides is 1. The third-order valence-corrected chi connectivity index (χ3v) is 6.60. The Labute approximate surface area is 161 Å². The van der Waals surface area contributed by atoms with E-state index in [1.54, 1.807) is 12.1 Å². The second-order valence-electron chi connectivity index (χ2n) is 9.05. The van der Waals surface area contributed by atoms with Gasteiger partial charge in [0.1, 0.15) is 5.82 Å². The molecule has 148 valence electrons. The lowest BCUT2D eigenvalue weighted by atomic mass is 9.75. The summed E-state index contributed by atoms with van der Waals surface area (Å²) < 4.78 is 19.0. The van der Waals surface area contributed by atoms with Crippen LogP contribution in [0.4, 0.5) is 4.39 Å². The van der Waals surface area contributed by atoms with Gasteiger partial charge >= 0.3 is 0 Å². The van der Waals surface area contributed by atoms with E-state index in [1.807, 2.05) is 6.07 Å². The fraction of sp³-hybridized carbons (Fsp3) is 0.682. The van der Waals surface area contributed by atoms with E-state index in [0.29, 0.717) is 17.9 Å². The molecule has 0 aromatic heterocycles. The van der Waals surface area contributed by atoms with Crippen molar-refractivity contribution < 1.29 is 13.9 Å². The van der Waals surface area contributed by atoms with Gasteiger partial charge in [-0.2, -0.15) is 0 Å². The molecule has 3 fully saturated rings. The van der Waals surface area contributed by atoms with Gasteiger partial charge in [-0.05, 0) is 62.4 Å². The van der Waals surface area contributed by atoms with Crippen molar-refractivity contribution in [3.8, 4) is 0 Å². The van der Waals surface area contributed by atoms with Crippen LogP contribution in [-0.2, 0) is 16.0 Å². The fourth-order valence-electron chi connectivity index (χ4n) is 5.03. The summed E-state index contributed by atoms with van der Waals surface area (Å²) in [5.41, 5.74) is 0.774. The lowest BCUT2D eigenvalue weighted by Gasteiger charge is -2.44. The van der Waals surface area contributed by atoms with Crippen molar-refractivity contribution in [1.82, 2.24) is 9.80 Å². The van der Waals surface area contributed by atoms with Gasteiger partial charge in [0, 0.05) is 12.6 Å². The van der Waals surface area contributed by atoms with Gasteiger partial charge in [-0.1, -0.05) is 26.0 Å². The molecule has 0 aliphatic carbocycles. The number of likely N-dealkylation sites (tertiary alicyclic amines) is 2. The van der Waals surface area contributed by atoms with E-state index in [2.05, 4.69) is 23.6 Å². The zero-order chi connectivity index (χ0) is 19.0. The van der Waals surface area contributed by atoms with Crippen LogP contribution in [0.2, 0.25) is 0 Å². The Morgan fingerprint density at radius 2 is 2.00 bits per heavy atom. The second kappa shape index (κ2) is 7.51. The molecule has 0 radical (unpaired) electrons. The molecule has 27 heavy (non-hydrogen) atoms. The summed E-state index contributed by atoms with van der Waals surface area (Å²) in [4.78, 5) is 18.1. The normalized spacial score (nSPS) is 26.1. The second-order valence-corrected chi connectivity index (χ2v) is 9.05. The molecule has 1 aromatic carbocycles. The summed E-state index contributed by atoms with van der Waals surface area (Å²) in [5, 5.41) is 0. The molecule has 1 aromatic rings. The molecule has 4 rings (SSSR count). The molecule has 3 aliphatic rings. The number of carbonyl (C=O) groups excluding carboxylic acids is 1. The van der Waals surface area contributed by atoms with Crippen molar-refractivity contribution in [2.45, 2.75) is 51.6 Å². The monoisotopic (exact) mass is 374 g/mol. The maximum absolute atomic E-state index is 13.6. The Bertz CT molecular complexity index is 681. The van der Waals surface area contributed by atoms with Crippen molar-refractivity contribution in [2.75, 3.05) is 32.8 Å². The third kappa shape index (κ3) is 3.77. The van der Waals surface area contributed by atoms with Gasteiger partial charge in [0.15, 0.2) is 0 Å². The molecule has 3 heterocycles. The highest BCUT2D eigenvalue weighted by Crippen LogP contribution is 2.46. The molecule has 1 amide bonds. The first-order valence-corrected chi connectivity index (χ1v) is 10.3. The zero-order valence-electron chi connectivity index (χ0n) is 16.5. The van der Waals surface area contributed by atoms with Crippen LogP contribution in [0.25, 0.3) is 0 Å². The van der Waals surface area contributed by atoms with Crippen LogP contribution in [0.5, 0.6) is 0 Å². The summed E-state index contributed by atoms with van der Waals surface area (Å²) >= 11 is 0. The third-order valence-electron chi connectivity index (χ3n) is 6.60. The van der Waals surface area contributed by atoms with Crippen LogP contribution < -0.4 is 0 Å². The van der Waals surface area contributed by atoms with Crippen LogP contribution in [0, 0.1) is 17.2 Å². The number of halogens is 1. The molecular formula is C22H31FN2O2. The summed E-state index contributed by atoms with van der Waals surface area (Å²) in [5.74, 6) is 0.575. The largest absolute Gasteiger partial charge is 0.378 e. The number of carbonyl (C=O) groups is 1. The molecule has 1 spiro atoms. The lowest BCUT2D eigenvalue weighted by molar-refractivity contribution is -0.141. The van der Waals surface area contributed by atoms with E-state index < -0.39 is 0 Å². The summed E-state index contributed by atoms with van der Waals surface area (Å²) in [7, 11) is 0. The number of piperidine rings is 1. The Morgan fingerprint density at radius 3 is 2.59 bits per heavy atom. The van der Waals surface area contributed by atoms with E-state index in [4.69, 9.17) is 4.74 Å². The minimum atomic E-state index is -0.214. The van der Waals surface area contributed by atoms with E-state index >= 15 is 0 Å². The van der Waals surface area contributed by atoms with Crippen molar-refractivity contribution in [1.29, 1.82) is 0 Å². The van der Waals surface area contributed by atoms with Crippen LogP contribution >= 0.6 is 0 Å². The average molecular weight is 374 g/mol. The Balaban J connectivity index is 1.49. The smallest absolute Gasteiger partial charge is 0.229 e. The topological polar surface area (TPSA) is 32.8 Å². The first-order chi connectivity index (χ1) is 13.0. The highest BCUT2D eigenvalue weighted by molar-refractivity contribution is 5.85. The van der Waals surface area contributed by atoms with Gasteiger partial charge < -0.3 is 9.64 Å². The highest BCUT2D eigenvalue weighted by atomic mass is 19.1. The molecule has 0 N–H and O–H groups in total. The van der Waals surface area contributed by atoms with Crippen molar-refractivity contribution in [3.63, 3.8) is 0 Å². The summed E-state index contributed by atoms with van der Waals surface area (Å²) in [6.07, 6.45) is 3.54. The number of hydrogen-bond acceptors (Lipinski definition) is 3. The van der Waals surface area contributed by atoms with Crippen molar-refractivity contribution in [2.24, 2.45) is 11.3 Å². The zero-order valence-corrected chi connectivity index (χ0v) is 16.5. The maximum atomic E-state index is 13.6. The van der Waals surface area contributed by atoms with E-state index in [0.717, 1.165) is 64.1 Å². The lowest BCUT2D eigenvalue weighted by Crippen LogP contribution is -2.54. The van der Waals surface area contributed by atoms with Gasteiger partial charge in [0.2, 0.25) is 5.91 Å². The SMILES string of the molecule is CC(C)CN1C(=O)C2(CCN(C3COC3)CC2)CC1Cc1cccc(F)c1. The number of nitrogens with zero attached hydrogens (tertiary/aromatic N) is 2. The molecule has 3 saturated heterocycles. The quantitative estimate of drug-likeness (QED) is 0.794. The van der Waals surface area contributed by atoms with Gasteiger partial charge in [0.25, 0.3) is 0 Å². The first kappa shape index (κ1) is 18.9. The van der Waals surface area contributed by atoms with Crippen LogP contribution in [-0.4, -0.2) is 60.6 Å². The summed E-state index contributed by atoms with van der Waals surface area (Å²) in [6, 6.07) is 7.57. The Hall–Kier alpha value is -1.46. The minimum Gasteiger partial charge on any atom is -0.378 e. The fourth-order valence-corrected chi connectivity index (χ4v) is 5.03. The standard InChI is InChI=1S/C22H31FN2O2/c1-16(2)13-25-19(11-17-4-3-5-18(23)10-17)12-22(21(25)26)6-8-24(9-7-22)20-14-27-15-20/h3-5,10,16,19-20H,6-9,11-15H2,1-2H3. The molecule has 3 aliphatic heterocycles. The molecule has 4 nitrogen and oxygen atoms in total. The van der Waals surface area contributed by atoms with Gasteiger partial charge in [-0.15, -0.1) is 0 Å². The van der Waals surface area contributed by atoms with E-state index in [1.165, 1.54) is 6.07 Å². The van der Waals surface area contributed by atoms with Gasteiger partial charge in [-0.25, -0.2) is 4.39 Å². The van der Waals surface area contributed by atoms with E-state index in [-0.39, 0.29) is 17.3 Å². The number of rotatable bonds is 5. The number of ether oxygens (including phenoxy) is 1. The molecule has 0 saturated carbocycles. The minimum absolute atomic E-state index is 0.181. The predicted octanol–water partition coefficient (Wildman–Crippen LogP) is 3.11. The maximum Gasteiger partial charge on any atom is 0.229 e. The summed E-state index contributed by atoms with van der Waals surface area (Å²) in [6.45, 7) is 8.77. The predicted molar refractivity (Wildman–Crippen MR) is 103 cm³/mol. The number of hydrogen-bond donors (Lipinski definition) is 0. The first-order valence-electron chi connectivity index (χ1n) is 10.3. The van der Waals surface area contributed by atoms with Gasteiger partial charge in [-0.3, -0.25) is 9.69 Å². The molecular weight excluding hydrogens is 343 g/mol. The van der Waals surface area contributed by atoms with Crippen molar-refractivity contribution >= 4 is 5.91 Å². The average Bonchev–Trinajstić information content (AvgIpc) is 2.81. The van der Waals surface area contributed by atoms with Crippen LogP contribution in [0.1, 0.15) is 38.7 Å². The van der Waals surface area contributed by atoms with E-state index in [9.17, 15) is 9.18 Å². The molecule has 1 unspecified atom stereocenters. The molecule has 1 atom stereocenters. The Morgan fingerprint density at radius 1 is 1.26 bits per heavy atom. The molecule has 5 heteroatoms. The molecule has 0 bridgehead atoms.